The van der Waals surface area contributed by atoms with Gasteiger partial charge in [-0.1, -0.05) is 13.2 Å². The molecule has 0 spiro atoms. The molecule has 0 aromatic carbocycles. The lowest BCUT2D eigenvalue weighted by atomic mass is 10.3. The maximum Gasteiger partial charge on any atom is 0.142 e. The van der Waals surface area contributed by atoms with Crippen LogP contribution in [0.25, 0.3) is 0 Å². The van der Waals surface area contributed by atoms with Crippen molar-refractivity contribution in [2.24, 2.45) is 0 Å². The molecule has 0 saturated heterocycles. The molecule has 0 atom stereocenters. The monoisotopic (exact) mass is 132 g/mol. The van der Waals surface area contributed by atoms with E-state index in [2.05, 4.69) is 22.9 Å². The Morgan fingerprint density at radius 2 is 1.44 bits per heavy atom. The second-order valence-electron chi connectivity index (χ2n) is 1.44. The molecule has 0 rings (SSSR count). The quantitative estimate of drug-likeness (QED) is 0.344. The molecule has 0 radical (unpaired) electrons. The minimum Gasteiger partial charge on any atom is -0.345 e. The van der Waals surface area contributed by atoms with Gasteiger partial charge in [0.25, 0.3) is 0 Å². The molecule has 0 aliphatic carbocycles. The van der Waals surface area contributed by atoms with E-state index in [9.17, 15) is 0 Å². The molecular formula is C5H8O4. The average Bonchev–Trinajstić information content (AvgIpc) is 1.87. The van der Waals surface area contributed by atoms with E-state index in [-0.39, 0.29) is 17.9 Å². The molecule has 0 bridgehead atoms. The Balaban J connectivity index is 3.47. The van der Waals surface area contributed by atoms with Crippen molar-refractivity contribution in [2.45, 2.75) is 6.42 Å². The van der Waals surface area contributed by atoms with Gasteiger partial charge in [0, 0.05) is 0 Å². The molecule has 4 nitrogen and oxygen atoms in total. The molecule has 0 fully saturated rings. The summed E-state index contributed by atoms with van der Waals surface area (Å²) in [5.41, 5.74) is 0. The van der Waals surface area contributed by atoms with Gasteiger partial charge in [-0.2, -0.15) is 0 Å². The van der Waals surface area contributed by atoms with Gasteiger partial charge in [0.15, 0.2) is 0 Å². The summed E-state index contributed by atoms with van der Waals surface area (Å²) in [7, 11) is 0. The molecule has 0 heterocycles. The molecule has 0 aromatic heterocycles. The van der Waals surface area contributed by atoms with Crippen molar-refractivity contribution in [3.63, 3.8) is 0 Å². The zero-order valence-electron chi connectivity index (χ0n) is 4.83. The standard InChI is InChI=1S/C5H8O4/c1-4(8-6)3-5(2)9-7/h6-7H,1-3H2. The fraction of sp³-hybridized carbons (Fsp3) is 0.200. The van der Waals surface area contributed by atoms with Crippen LogP contribution in [0.1, 0.15) is 6.42 Å². The van der Waals surface area contributed by atoms with Crippen LogP contribution in [0.4, 0.5) is 0 Å². The lowest BCUT2D eigenvalue weighted by Crippen LogP contribution is -1.90. The highest BCUT2D eigenvalue weighted by Gasteiger charge is 1.98. The van der Waals surface area contributed by atoms with Crippen LogP contribution in [-0.4, -0.2) is 10.5 Å². The van der Waals surface area contributed by atoms with E-state index in [1.165, 1.54) is 0 Å². The predicted octanol–water partition coefficient (Wildman–Crippen LogP) is 1.38. The third-order valence-electron chi connectivity index (χ3n) is 0.653. The molecule has 0 saturated carbocycles. The lowest BCUT2D eigenvalue weighted by Gasteiger charge is -2.00. The van der Waals surface area contributed by atoms with Gasteiger partial charge < -0.3 is 9.78 Å². The van der Waals surface area contributed by atoms with Crippen LogP contribution in [0.15, 0.2) is 24.7 Å². The first-order valence-electron chi connectivity index (χ1n) is 2.19. The van der Waals surface area contributed by atoms with E-state index in [1.54, 1.807) is 0 Å². The van der Waals surface area contributed by atoms with Gasteiger partial charge in [-0.15, -0.1) is 0 Å². The van der Waals surface area contributed by atoms with E-state index in [0.29, 0.717) is 0 Å². The topological polar surface area (TPSA) is 58.9 Å². The summed E-state index contributed by atoms with van der Waals surface area (Å²) in [6.45, 7) is 6.47. The van der Waals surface area contributed by atoms with E-state index in [4.69, 9.17) is 10.5 Å². The maximum atomic E-state index is 7.90. The maximum absolute atomic E-state index is 7.90. The molecule has 0 aliphatic rings. The predicted molar refractivity (Wildman–Crippen MR) is 30.3 cm³/mol. The van der Waals surface area contributed by atoms with E-state index in [0.717, 1.165) is 0 Å². The molecule has 0 aromatic rings. The van der Waals surface area contributed by atoms with Crippen LogP contribution < -0.4 is 0 Å². The second-order valence-corrected chi connectivity index (χ2v) is 1.44. The van der Waals surface area contributed by atoms with Gasteiger partial charge in [-0.3, -0.25) is 0 Å². The highest BCUT2D eigenvalue weighted by atomic mass is 17.1. The summed E-state index contributed by atoms with van der Waals surface area (Å²) < 4.78 is 0. The summed E-state index contributed by atoms with van der Waals surface area (Å²) in [6.07, 6.45) is 0.0764. The Kier molecular flexibility index (Phi) is 3.50. The first-order chi connectivity index (χ1) is 4.20. The molecule has 9 heavy (non-hydrogen) atoms. The van der Waals surface area contributed by atoms with Gasteiger partial charge in [0.05, 0.1) is 6.42 Å². The van der Waals surface area contributed by atoms with Crippen molar-refractivity contribution >= 4 is 0 Å². The Hall–Kier alpha value is -1.00. The third-order valence-corrected chi connectivity index (χ3v) is 0.653. The Morgan fingerprint density at radius 3 is 1.67 bits per heavy atom. The Morgan fingerprint density at radius 1 is 1.11 bits per heavy atom. The molecule has 0 amide bonds. The van der Waals surface area contributed by atoms with Crippen LogP contribution >= 0.6 is 0 Å². The van der Waals surface area contributed by atoms with Crippen molar-refractivity contribution in [3.8, 4) is 0 Å². The van der Waals surface area contributed by atoms with E-state index < -0.39 is 0 Å². The normalized spacial score (nSPS) is 8.22. The SMILES string of the molecule is C=C(CC(=C)OO)OO. The average molecular weight is 132 g/mol. The molecule has 2 N–H and O–H groups in total. The summed E-state index contributed by atoms with van der Waals surface area (Å²) in [6, 6.07) is 0. The third kappa shape index (κ3) is 3.57. The zero-order chi connectivity index (χ0) is 7.28. The fourth-order valence-corrected chi connectivity index (χ4v) is 0.284. The molecule has 4 heteroatoms. The highest BCUT2D eigenvalue weighted by molar-refractivity contribution is 4.96. The number of rotatable bonds is 4. The van der Waals surface area contributed by atoms with Gasteiger partial charge in [-0.25, -0.2) is 10.5 Å². The van der Waals surface area contributed by atoms with Crippen molar-refractivity contribution in [2.75, 3.05) is 0 Å². The smallest absolute Gasteiger partial charge is 0.142 e. The Labute approximate surface area is 52.5 Å². The van der Waals surface area contributed by atoms with Crippen molar-refractivity contribution < 1.29 is 20.3 Å². The fourth-order valence-electron chi connectivity index (χ4n) is 0.284. The molecule has 52 valence electrons. The first kappa shape index (κ1) is 8.00. The number of hydrogen-bond acceptors (Lipinski definition) is 4. The van der Waals surface area contributed by atoms with Gasteiger partial charge >= 0.3 is 0 Å². The molecule has 0 unspecified atom stereocenters. The Bertz CT molecular complexity index is 104. The summed E-state index contributed by atoms with van der Waals surface area (Å²) >= 11 is 0. The zero-order valence-corrected chi connectivity index (χ0v) is 4.83. The molecule has 0 aliphatic heterocycles. The van der Waals surface area contributed by atoms with Gasteiger partial charge in [-0.05, 0) is 0 Å². The van der Waals surface area contributed by atoms with Gasteiger partial charge in [0.2, 0.25) is 0 Å². The minimum absolute atomic E-state index is 0.0639. The summed E-state index contributed by atoms with van der Waals surface area (Å²) in [5.74, 6) is 0.128. The van der Waals surface area contributed by atoms with Crippen molar-refractivity contribution in [3.05, 3.63) is 24.7 Å². The largest absolute Gasteiger partial charge is 0.345 e. The lowest BCUT2D eigenvalue weighted by molar-refractivity contribution is -0.221. The number of hydrogen-bond donors (Lipinski definition) is 2. The minimum atomic E-state index is 0.0639. The second kappa shape index (κ2) is 3.94. The van der Waals surface area contributed by atoms with Crippen molar-refractivity contribution in [1.82, 2.24) is 0 Å². The van der Waals surface area contributed by atoms with Crippen molar-refractivity contribution in [1.29, 1.82) is 0 Å². The van der Waals surface area contributed by atoms with E-state index in [1.807, 2.05) is 0 Å². The van der Waals surface area contributed by atoms with Crippen LogP contribution in [0.2, 0.25) is 0 Å². The van der Waals surface area contributed by atoms with Crippen LogP contribution in [0, 0.1) is 0 Å². The summed E-state index contributed by atoms with van der Waals surface area (Å²) in [5, 5.41) is 15.8. The van der Waals surface area contributed by atoms with E-state index >= 15 is 0 Å². The molecular weight excluding hydrogens is 124 g/mol. The highest BCUT2D eigenvalue weighted by Crippen LogP contribution is 2.06. The van der Waals surface area contributed by atoms with Crippen LogP contribution in [-0.2, 0) is 9.78 Å². The van der Waals surface area contributed by atoms with Crippen LogP contribution in [0.3, 0.4) is 0 Å². The van der Waals surface area contributed by atoms with Gasteiger partial charge in [0.1, 0.15) is 11.5 Å². The summed E-state index contributed by atoms with van der Waals surface area (Å²) in [4.78, 5) is 7.35. The van der Waals surface area contributed by atoms with Crippen LogP contribution in [0.5, 0.6) is 0 Å². The first-order valence-corrected chi connectivity index (χ1v) is 2.19.